The smallest absolute Gasteiger partial charge is 0.320 e. The van der Waals surface area contributed by atoms with Gasteiger partial charge in [-0.1, -0.05) is 6.92 Å². The molecule has 2 unspecified atom stereocenters. The molecule has 0 aromatic carbocycles. The molecule has 1 saturated heterocycles. The van der Waals surface area contributed by atoms with Crippen molar-refractivity contribution >= 4 is 15.8 Å². The van der Waals surface area contributed by atoms with Gasteiger partial charge >= 0.3 is 5.97 Å². The van der Waals surface area contributed by atoms with Crippen molar-refractivity contribution in [3.05, 3.63) is 0 Å². The lowest BCUT2D eigenvalue weighted by Crippen LogP contribution is -2.39. The lowest BCUT2D eigenvalue weighted by atomic mass is 10.1. The van der Waals surface area contributed by atoms with Crippen LogP contribution < -0.4 is 5.32 Å². The average Bonchev–Trinajstić information content (AvgIpc) is 2.46. The maximum absolute atomic E-state index is 11.1. The van der Waals surface area contributed by atoms with E-state index in [-0.39, 0.29) is 17.4 Å². The third-order valence-electron chi connectivity index (χ3n) is 2.69. The van der Waals surface area contributed by atoms with E-state index in [2.05, 4.69) is 5.32 Å². The van der Waals surface area contributed by atoms with E-state index < -0.39 is 21.8 Å². The van der Waals surface area contributed by atoms with Gasteiger partial charge in [0.1, 0.15) is 6.04 Å². The SMILES string of the molecule is CCC(NCC1CCS(=O)(=O)C1)C(=O)O. The first-order valence-corrected chi connectivity index (χ1v) is 6.93. The highest BCUT2D eigenvalue weighted by molar-refractivity contribution is 7.91. The van der Waals surface area contributed by atoms with E-state index in [1.54, 1.807) is 6.92 Å². The third kappa shape index (κ3) is 3.79. The Labute approximate surface area is 89.8 Å². The fraction of sp³-hybridized carbons (Fsp3) is 0.889. The monoisotopic (exact) mass is 235 g/mol. The number of carboxylic acid groups (broad SMARTS) is 1. The van der Waals surface area contributed by atoms with Gasteiger partial charge in [-0.2, -0.15) is 0 Å². The second-order valence-corrected chi connectivity index (χ2v) is 6.21. The molecule has 5 nitrogen and oxygen atoms in total. The Morgan fingerprint density at radius 1 is 1.60 bits per heavy atom. The first-order valence-electron chi connectivity index (χ1n) is 5.11. The van der Waals surface area contributed by atoms with Crippen LogP contribution in [-0.4, -0.2) is 43.6 Å². The van der Waals surface area contributed by atoms with Gasteiger partial charge in [0.2, 0.25) is 0 Å². The second-order valence-electron chi connectivity index (χ2n) is 3.98. The summed E-state index contributed by atoms with van der Waals surface area (Å²) in [7, 11) is -2.86. The van der Waals surface area contributed by atoms with Gasteiger partial charge in [-0.15, -0.1) is 0 Å². The number of hydrogen-bond acceptors (Lipinski definition) is 4. The highest BCUT2D eigenvalue weighted by Gasteiger charge is 2.28. The normalized spacial score (nSPS) is 26.3. The molecule has 2 atom stereocenters. The van der Waals surface area contributed by atoms with E-state index in [1.165, 1.54) is 0 Å². The number of sulfone groups is 1. The lowest BCUT2D eigenvalue weighted by molar-refractivity contribution is -0.139. The fourth-order valence-electron chi connectivity index (χ4n) is 1.75. The van der Waals surface area contributed by atoms with Gasteiger partial charge < -0.3 is 10.4 Å². The lowest BCUT2D eigenvalue weighted by Gasteiger charge is -2.14. The number of hydrogen-bond donors (Lipinski definition) is 2. The van der Waals surface area contributed by atoms with E-state index in [4.69, 9.17) is 5.11 Å². The van der Waals surface area contributed by atoms with Crippen molar-refractivity contribution < 1.29 is 18.3 Å². The molecule has 15 heavy (non-hydrogen) atoms. The number of carboxylic acids is 1. The molecule has 88 valence electrons. The summed E-state index contributed by atoms with van der Waals surface area (Å²) in [4.78, 5) is 10.7. The molecular weight excluding hydrogens is 218 g/mol. The first kappa shape index (κ1) is 12.4. The summed E-state index contributed by atoms with van der Waals surface area (Å²) in [6.07, 6.45) is 1.15. The van der Waals surface area contributed by atoms with Gasteiger partial charge in [-0.25, -0.2) is 8.42 Å². The van der Waals surface area contributed by atoms with Crippen molar-refractivity contribution in [2.45, 2.75) is 25.8 Å². The molecule has 2 N–H and O–H groups in total. The summed E-state index contributed by atoms with van der Waals surface area (Å²) in [5.41, 5.74) is 0. The van der Waals surface area contributed by atoms with Crippen molar-refractivity contribution in [1.29, 1.82) is 0 Å². The van der Waals surface area contributed by atoms with Crippen LogP contribution in [0.2, 0.25) is 0 Å². The van der Waals surface area contributed by atoms with Gasteiger partial charge in [0.25, 0.3) is 0 Å². The summed E-state index contributed by atoms with van der Waals surface area (Å²) in [5, 5.41) is 11.7. The molecule has 0 bridgehead atoms. The molecule has 0 amide bonds. The van der Waals surface area contributed by atoms with Crippen LogP contribution in [0.5, 0.6) is 0 Å². The largest absolute Gasteiger partial charge is 0.480 e. The minimum absolute atomic E-state index is 0.0726. The average molecular weight is 235 g/mol. The van der Waals surface area contributed by atoms with E-state index in [1.807, 2.05) is 0 Å². The van der Waals surface area contributed by atoms with Crippen LogP contribution in [0.15, 0.2) is 0 Å². The van der Waals surface area contributed by atoms with Gasteiger partial charge in [-0.05, 0) is 25.3 Å². The zero-order valence-electron chi connectivity index (χ0n) is 8.77. The van der Waals surface area contributed by atoms with Gasteiger partial charge in [0, 0.05) is 0 Å². The van der Waals surface area contributed by atoms with Crippen LogP contribution in [0.4, 0.5) is 0 Å². The predicted molar refractivity (Wildman–Crippen MR) is 56.5 cm³/mol. The Morgan fingerprint density at radius 2 is 2.27 bits per heavy atom. The van der Waals surface area contributed by atoms with Crippen molar-refractivity contribution in [3.8, 4) is 0 Å². The number of carbonyl (C=O) groups is 1. The van der Waals surface area contributed by atoms with Crippen LogP contribution in [0.25, 0.3) is 0 Å². The molecule has 0 radical (unpaired) electrons. The van der Waals surface area contributed by atoms with Crippen molar-refractivity contribution in [2.24, 2.45) is 5.92 Å². The van der Waals surface area contributed by atoms with Gasteiger partial charge in [-0.3, -0.25) is 4.79 Å². The Morgan fingerprint density at radius 3 is 2.67 bits per heavy atom. The van der Waals surface area contributed by atoms with Crippen molar-refractivity contribution in [1.82, 2.24) is 5.32 Å². The quantitative estimate of drug-likeness (QED) is 0.693. The number of nitrogens with one attached hydrogen (secondary N) is 1. The summed E-state index contributed by atoms with van der Waals surface area (Å²) >= 11 is 0. The van der Waals surface area contributed by atoms with E-state index in [0.29, 0.717) is 19.4 Å². The van der Waals surface area contributed by atoms with E-state index in [9.17, 15) is 13.2 Å². The summed E-state index contributed by atoms with van der Waals surface area (Å²) in [6, 6.07) is -0.562. The van der Waals surface area contributed by atoms with Gasteiger partial charge in [0.05, 0.1) is 11.5 Å². The topological polar surface area (TPSA) is 83.5 Å². The molecular formula is C9H17NO4S. The molecule has 1 aliphatic rings. The van der Waals surface area contributed by atoms with E-state index in [0.717, 1.165) is 0 Å². The molecule has 0 aromatic heterocycles. The Bertz CT molecular complexity index is 325. The highest BCUT2D eigenvalue weighted by atomic mass is 32.2. The third-order valence-corrected chi connectivity index (χ3v) is 4.52. The molecule has 1 heterocycles. The van der Waals surface area contributed by atoms with Crippen LogP contribution in [-0.2, 0) is 14.6 Å². The van der Waals surface area contributed by atoms with E-state index >= 15 is 0 Å². The summed E-state index contributed by atoms with van der Waals surface area (Å²) in [6.45, 7) is 2.27. The predicted octanol–water partition coefficient (Wildman–Crippen LogP) is -0.126. The molecule has 0 aliphatic carbocycles. The minimum atomic E-state index is -2.86. The summed E-state index contributed by atoms with van der Waals surface area (Å²) < 4.78 is 22.3. The molecule has 0 spiro atoms. The zero-order chi connectivity index (χ0) is 11.5. The van der Waals surface area contributed by atoms with Crippen LogP contribution in [0.1, 0.15) is 19.8 Å². The zero-order valence-corrected chi connectivity index (χ0v) is 9.59. The fourth-order valence-corrected chi connectivity index (χ4v) is 3.61. The molecule has 0 aromatic rings. The van der Waals surface area contributed by atoms with Crippen LogP contribution in [0, 0.1) is 5.92 Å². The minimum Gasteiger partial charge on any atom is -0.480 e. The number of rotatable bonds is 5. The highest BCUT2D eigenvalue weighted by Crippen LogP contribution is 2.17. The maximum atomic E-state index is 11.1. The molecule has 1 fully saturated rings. The Hall–Kier alpha value is -0.620. The first-order chi connectivity index (χ1) is 6.94. The number of aliphatic carboxylic acids is 1. The molecule has 6 heteroatoms. The second kappa shape index (κ2) is 4.94. The molecule has 1 aliphatic heterocycles. The molecule has 1 rings (SSSR count). The summed E-state index contributed by atoms with van der Waals surface area (Å²) in [5.74, 6) is -0.374. The molecule has 0 saturated carbocycles. The van der Waals surface area contributed by atoms with Crippen molar-refractivity contribution in [3.63, 3.8) is 0 Å². The van der Waals surface area contributed by atoms with Crippen molar-refractivity contribution in [2.75, 3.05) is 18.1 Å². The Balaban J connectivity index is 2.35. The van der Waals surface area contributed by atoms with Crippen LogP contribution >= 0.6 is 0 Å². The van der Waals surface area contributed by atoms with Crippen LogP contribution in [0.3, 0.4) is 0 Å². The maximum Gasteiger partial charge on any atom is 0.320 e. The standard InChI is InChI=1S/C9H17NO4S/c1-2-8(9(11)12)10-5-7-3-4-15(13,14)6-7/h7-8,10H,2-6H2,1H3,(H,11,12). The van der Waals surface area contributed by atoms with Gasteiger partial charge in [0.15, 0.2) is 9.84 Å². The Kier molecular flexibility index (Phi) is 4.10.